The molecule has 0 aliphatic rings. The van der Waals surface area contributed by atoms with Crippen LogP contribution in [0.4, 0.5) is 5.69 Å². The molecule has 0 aliphatic heterocycles. The Kier molecular flexibility index (Phi) is 8.68. The smallest absolute Gasteiger partial charge is 0.328 e. The van der Waals surface area contributed by atoms with Crippen molar-refractivity contribution in [3.05, 3.63) is 54.1 Å². The fraction of sp³-hybridized carbons (Fsp3) is 0.318. The van der Waals surface area contributed by atoms with Gasteiger partial charge >= 0.3 is 5.97 Å². The zero-order valence-corrected chi connectivity index (χ0v) is 17.3. The third kappa shape index (κ3) is 6.80. The van der Waals surface area contributed by atoms with Gasteiger partial charge in [0, 0.05) is 17.3 Å². The van der Waals surface area contributed by atoms with Crippen LogP contribution in [0.2, 0.25) is 0 Å². The Morgan fingerprint density at radius 3 is 2.27 bits per heavy atom. The lowest BCUT2D eigenvalue weighted by Gasteiger charge is -2.14. The minimum atomic E-state index is -0.902. The van der Waals surface area contributed by atoms with Gasteiger partial charge in [0.25, 0.3) is 11.8 Å². The highest BCUT2D eigenvalue weighted by atomic mass is 16.5. The molecule has 8 heteroatoms. The second-order valence-corrected chi connectivity index (χ2v) is 6.24. The van der Waals surface area contributed by atoms with Crippen molar-refractivity contribution >= 4 is 23.5 Å². The third-order valence-electron chi connectivity index (χ3n) is 3.91. The van der Waals surface area contributed by atoms with Gasteiger partial charge in [-0.1, -0.05) is 18.2 Å². The average Bonchev–Trinajstić information content (AvgIpc) is 2.74. The van der Waals surface area contributed by atoms with E-state index in [0.29, 0.717) is 36.0 Å². The van der Waals surface area contributed by atoms with E-state index >= 15 is 0 Å². The molecule has 0 aromatic heterocycles. The number of nitrogens with one attached hydrogen (secondary N) is 2. The first-order chi connectivity index (χ1) is 14.4. The third-order valence-corrected chi connectivity index (χ3v) is 3.91. The summed E-state index contributed by atoms with van der Waals surface area (Å²) in [6, 6.07) is 12.6. The normalized spacial score (nSPS) is 11.2. The van der Waals surface area contributed by atoms with Crippen LogP contribution in [0.3, 0.4) is 0 Å². The van der Waals surface area contributed by atoms with Crippen molar-refractivity contribution in [3.63, 3.8) is 0 Å². The Labute approximate surface area is 175 Å². The van der Waals surface area contributed by atoms with Crippen molar-refractivity contribution in [1.82, 2.24) is 5.32 Å². The van der Waals surface area contributed by atoms with Crippen LogP contribution in [0.1, 0.15) is 31.1 Å². The van der Waals surface area contributed by atoms with E-state index in [0.717, 1.165) is 0 Å². The molecule has 160 valence electrons. The number of esters is 1. The van der Waals surface area contributed by atoms with E-state index in [1.165, 1.54) is 6.92 Å². The largest absolute Gasteiger partial charge is 0.490 e. The minimum Gasteiger partial charge on any atom is -0.490 e. The fourth-order valence-electron chi connectivity index (χ4n) is 2.52. The van der Waals surface area contributed by atoms with E-state index in [9.17, 15) is 14.4 Å². The maximum absolute atomic E-state index is 12.1. The van der Waals surface area contributed by atoms with E-state index < -0.39 is 30.4 Å². The number of hydrogen-bond donors (Lipinski definition) is 2. The summed E-state index contributed by atoms with van der Waals surface area (Å²) < 4.78 is 16.0. The lowest BCUT2D eigenvalue weighted by molar-refractivity contribution is -0.148. The maximum atomic E-state index is 12.1. The molecule has 0 aliphatic carbocycles. The molecule has 2 rings (SSSR count). The summed E-state index contributed by atoms with van der Waals surface area (Å²) in [6.07, 6.45) is 0. The molecule has 8 nitrogen and oxygen atoms in total. The SMILES string of the molecule is CCOc1ccc(NC(=O)COC(=O)C(C)NC(=O)c2ccccc2)cc1OCC. The number of anilines is 1. The number of amides is 2. The molecule has 2 aromatic rings. The molecule has 0 spiro atoms. The molecule has 1 unspecified atom stereocenters. The Morgan fingerprint density at radius 2 is 1.60 bits per heavy atom. The molecule has 0 saturated heterocycles. The second-order valence-electron chi connectivity index (χ2n) is 6.24. The van der Waals surface area contributed by atoms with Gasteiger partial charge in [-0.05, 0) is 45.0 Å². The number of benzene rings is 2. The summed E-state index contributed by atoms with van der Waals surface area (Å²) in [5.41, 5.74) is 0.906. The number of rotatable bonds is 10. The molecule has 0 heterocycles. The Morgan fingerprint density at radius 1 is 0.933 bits per heavy atom. The van der Waals surface area contributed by atoms with Crippen LogP contribution in [-0.2, 0) is 14.3 Å². The summed E-state index contributed by atoms with van der Waals surface area (Å²) in [5, 5.41) is 5.17. The second kappa shape index (κ2) is 11.5. The predicted octanol–water partition coefficient (Wildman–Crippen LogP) is 2.78. The molecule has 0 bridgehead atoms. The molecule has 0 fully saturated rings. The van der Waals surface area contributed by atoms with Crippen molar-refractivity contribution in [1.29, 1.82) is 0 Å². The average molecular weight is 414 g/mol. The van der Waals surface area contributed by atoms with Crippen molar-refractivity contribution < 1.29 is 28.6 Å². The van der Waals surface area contributed by atoms with E-state index in [1.807, 2.05) is 13.8 Å². The van der Waals surface area contributed by atoms with Crippen LogP contribution in [0.5, 0.6) is 11.5 Å². The van der Waals surface area contributed by atoms with Crippen molar-refractivity contribution in [2.45, 2.75) is 26.8 Å². The lowest BCUT2D eigenvalue weighted by atomic mass is 10.2. The van der Waals surface area contributed by atoms with Crippen molar-refractivity contribution in [2.75, 3.05) is 25.1 Å². The summed E-state index contributed by atoms with van der Waals surface area (Å²) in [4.78, 5) is 36.3. The highest BCUT2D eigenvalue weighted by Gasteiger charge is 2.19. The van der Waals surface area contributed by atoms with E-state index in [4.69, 9.17) is 14.2 Å². The Hall–Kier alpha value is -3.55. The van der Waals surface area contributed by atoms with Gasteiger partial charge in [-0.2, -0.15) is 0 Å². The van der Waals surface area contributed by atoms with Crippen LogP contribution < -0.4 is 20.1 Å². The highest BCUT2D eigenvalue weighted by molar-refractivity contribution is 5.97. The summed E-state index contributed by atoms with van der Waals surface area (Å²) in [7, 11) is 0. The molecule has 2 amide bonds. The Balaban J connectivity index is 1.85. The highest BCUT2D eigenvalue weighted by Crippen LogP contribution is 2.30. The number of carbonyl (C=O) groups excluding carboxylic acids is 3. The predicted molar refractivity (Wildman–Crippen MR) is 112 cm³/mol. The summed E-state index contributed by atoms with van der Waals surface area (Å²) in [5.74, 6) is -0.548. The van der Waals surface area contributed by atoms with Crippen molar-refractivity contribution in [2.24, 2.45) is 0 Å². The minimum absolute atomic E-state index is 0.401. The van der Waals surface area contributed by atoms with Crippen molar-refractivity contribution in [3.8, 4) is 11.5 Å². The van der Waals surface area contributed by atoms with Gasteiger partial charge in [0.15, 0.2) is 18.1 Å². The van der Waals surface area contributed by atoms with Crippen LogP contribution in [-0.4, -0.2) is 43.6 Å². The first kappa shape index (κ1) is 22.7. The fourth-order valence-corrected chi connectivity index (χ4v) is 2.52. The molecule has 0 saturated carbocycles. The molecule has 0 radical (unpaired) electrons. The monoisotopic (exact) mass is 414 g/mol. The quantitative estimate of drug-likeness (QED) is 0.580. The van der Waals surface area contributed by atoms with E-state index in [1.54, 1.807) is 48.5 Å². The van der Waals surface area contributed by atoms with Gasteiger partial charge in [-0.3, -0.25) is 9.59 Å². The first-order valence-electron chi connectivity index (χ1n) is 9.66. The molecular formula is C22H26N2O6. The van der Waals surface area contributed by atoms with Gasteiger partial charge < -0.3 is 24.8 Å². The molecule has 30 heavy (non-hydrogen) atoms. The van der Waals surface area contributed by atoms with Gasteiger partial charge in [-0.25, -0.2) is 4.79 Å². The first-order valence-corrected chi connectivity index (χ1v) is 9.66. The molecule has 2 aromatic carbocycles. The zero-order valence-electron chi connectivity index (χ0n) is 17.3. The molecule has 2 N–H and O–H groups in total. The topological polar surface area (TPSA) is 103 Å². The van der Waals surface area contributed by atoms with Crippen LogP contribution in [0.15, 0.2) is 48.5 Å². The summed E-state index contributed by atoms with van der Waals surface area (Å²) in [6.45, 7) is 5.65. The van der Waals surface area contributed by atoms with Gasteiger partial charge in [0.2, 0.25) is 0 Å². The van der Waals surface area contributed by atoms with Gasteiger partial charge in [-0.15, -0.1) is 0 Å². The number of hydrogen-bond acceptors (Lipinski definition) is 6. The number of ether oxygens (including phenoxy) is 3. The molecular weight excluding hydrogens is 388 g/mol. The lowest BCUT2D eigenvalue weighted by Crippen LogP contribution is -2.40. The maximum Gasteiger partial charge on any atom is 0.328 e. The van der Waals surface area contributed by atoms with E-state index in [2.05, 4.69) is 10.6 Å². The van der Waals surface area contributed by atoms with Crippen LogP contribution >= 0.6 is 0 Å². The number of carbonyl (C=O) groups is 3. The van der Waals surface area contributed by atoms with Gasteiger partial charge in [0.1, 0.15) is 6.04 Å². The zero-order chi connectivity index (χ0) is 21.9. The summed E-state index contributed by atoms with van der Waals surface area (Å²) >= 11 is 0. The molecule has 1 atom stereocenters. The van der Waals surface area contributed by atoms with Crippen LogP contribution in [0, 0.1) is 0 Å². The van der Waals surface area contributed by atoms with Gasteiger partial charge in [0.05, 0.1) is 13.2 Å². The van der Waals surface area contributed by atoms with Crippen LogP contribution in [0.25, 0.3) is 0 Å². The standard InChI is InChI=1S/C22H26N2O6/c1-4-28-18-12-11-17(13-19(18)29-5-2)24-20(25)14-30-22(27)15(3)23-21(26)16-9-7-6-8-10-16/h6-13,15H,4-5,14H2,1-3H3,(H,23,26)(H,24,25). The van der Waals surface area contributed by atoms with E-state index in [-0.39, 0.29) is 0 Å². The Bertz CT molecular complexity index is 869.